The summed E-state index contributed by atoms with van der Waals surface area (Å²) in [6, 6.07) is 23.0. The number of nitrogens with two attached hydrogens (primary N) is 1. The highest BCUT2D eigenvalue weighted by molar-refractivity contribution is 6.30. The van der Waals surface area contributed by atoms with Crippen LogP contribution in [0.5, 0.6) is 5.75 Å². The van der Waals surface area contributed by atoms with Gasteiger partial charge in [0.15, 0.2) is 5.54 Å². The van der Waals surface area contributed by atoms with Crippen LogP contribution in [-0.4, -0.2) is 18.9 Å². The van der Waals surface area contributed by atoms with E-state index in [2.05, 4.69) is 13.8 Å². The van der Waals surface area contributed by atoms with E-state index in [1.54, 1.807) is 24.1 Å². The van der Waals surface area contributed by atoms with Crippen LogP contribution in [0.15, 0.2) is 72.8 Å². The lowest BCUT2D eigenvalue weighted by Gasteiger charge is -2.48. The van der Waals surface area contributed by atoms with Gasteiger partial charge in [0.05, 0.1) is 7.11 Å². The van der Waals surface area contributed by atoms with E-state index in [1.807, 2.05) is 60.7 Å². The molecule has 39 heavy (non-hydrogen) atoms. The molecule has 0 aromatic heterocycles. The molecule has 3 aromatic rings. The molecule has 6 heteroatoms. The van der Waals surface area contributed by atoms with Crippen LogP contribution in [0.3, 0.4) is 0 Å². The van der Waals surface area contributed by atoms with Crippen molar-refractivity contribution in [2.75, 3.05) is 12.0 Å². The smallest absolute Gasteiger partial charge is 0.248 e. The molecule has 2 N–H and O–H groups in total. The number of ether oxygens (including phenoxy) is 1. The number of hydrogen-bond donors (Lipinski definition) is 1. The molecule has 1 fully saturated rings. The average Bonchev–Trinajstić information content (AvgIpc) is 2.96. The highest BCUT2D eigenvalue weighted by Crippen LogP contribution is 2.46. The first-order valence-corrected chi connectivity index (χ1v) is 14.3. The Labute approximate surface area is 237 Å². The zero-order valence-electron chi connectivity index (χ0n) is 23.2. The number of methoxy groups -OCH3 is 1. The molecule has 206 valence electrons. The molecule has 0 spiro atoms. The Kier molecular flexibility index (Phi) is 9.34. The fourth-order valence-corrected chi connectivity index (χ4v) is 6.06. The number of halogens is 1. The van der Waals surface area contributed by atoms with Crippen LogP contribution in [0.2, 0.25) is 5.02 Å². The van der Waals surface area contributed by atoms with Crippen LogP contribution in [0.25, 0.3) is 0 Å². The summed E-state index contributed by atoms with van der Waals surface area (Å²) >= 11 is 6.27. The van der Waals surface area contributed by atoms with Crippen molar-refractivity contribution in [2.45, 2.75) is 70.3 Å². The molecule has 1 aliphatic rings. The first-order chi connectivity index (χ1) is 18.8. The minimum Gasteiger partial charge on any atom is -0.497 e. The maximum atomic E-state index is 14.4. The van der Waals surface area contributed by atoms with Crippen molar-refractivity contribution in [3.8, 4) is 5.75 Å². The van der Waals surface area contributed by atoms with E-state index in [1.165, 1.54) is 5.56 Å². The Balaban J connectivity index is 1.84. The Morgan fingerprint density at radius 3 is 2.10 bits per heavy atom. The van der Waals surface area contributed by atoms with E-state index in [4.69, 9.17) is 22.1 Å². The lowest BCUT2D eigenvalue weighted by molar-refractivity contribution is -0.131. The topological polar surface area (TPSA) is 72.6 Å². The third-order valence-corrected chi connectivity index (χ3v) is 8.31. The normalized spacial score (nSPS) is 15.5. The third-order valence-electron chi connectivity index (χ3n) is 8.06. The van der Waals surface area contributed by atoms with Gasteiger partial charge in [0.1, 0.15) is 5.75 Å². The minimum atomic E-state index is -1.33. The maximum absolute atomic E-state index is 14.4. The summed E-state index contributed by atoms with van der Waals surface area (Å²) in [7, 11) is 1.63. The molecule has 1 unspecified atom stereocenters. The number of carbonyl (C=O) groups excluding carboxylic acids is 2. The van der Waals surface area contributed by atoms with E-state index in [9.17, 15) is 9.59 Å². The summed E-state index contributed by atoms with van der Waals surface area (Å²) in [5.41, 5.74) is 8.63. The summed E-state index contributed by atoms with van der Waals surface area (Å²) < 4.78 is 5.28. The van der Waals surface area contributed by atoms with Gasteiger partial charge in [-0.1, -0.05) is 81.1 Å². The first-order valence-electron chi connectivity index (χ1n) is 13.9. The van der Waals surface area contributed by atoms with Crippen LogP contribution in [0, 0.1) is 5.92 Å². The second kappa shape index (κ2) is 12.7. The predicted octanol–water partition coefficient (Wildman–Crippen LogP) is 7.40. The van der Waals surface area contributed by atoms with E-state index < -0.39 is 11.4 Å². The van der Waals surface area contributed by atoms with Gasteiger partial charge in [-0.15, -0.1) is 0 Å². The fraction of sp³-hybridized carbons (Fsp3) is 0.394. The quantitative estimate of drug-likeness (QED) is 0.288. The van der Waals surface area contributed by atoms with E-state index in [0.29, 0.717) is 28.6 Å². The molecule has 3 aromatic carbocycles. The molecule has 5 nitrogen and oxygen atoms in total. The molecular formula is C33H39ClN2O3. The molecule has 0 bridgehead atoms. The lowest BCUT2D eigenvalue weighted by atomic mass is 9.69. The highest BCUT2D eigenvalue weighted by atomic mass is 35.5. The van der Waals surface area contributed by atoms with E-state index >= 15 is 0 Å². The Bertz CT molecular complexity index is 1250. The fourth-order valence-electron chi connectivity index (χ4n) is 5.93. The van der Waals surface area contributed by atoms with Crippen molar-refractivity contribution >= 4 is 29.1 Å². The molecule has 2 amide bonds. The Morgan fingerprint density at radius 2 is 1.56 bits per heavy atom. The Hall–Kier alpha value is -3.31. The molecule has 0 aliphatic heterocycles. The summed E-state index contributed by atoms with van der Waals surface area (Å²) in [5, 5.41) is 0.569. The number of benzene rings is 3. The van der Waals surface area contributed by atoms with Crippen LogP contribution in [0.1, 0.15) is 75.0 Å². The molecule has 0 saturated heterocycles. The van der Waals surface area contributed by atoms with Crippen molar-refractivity contribution < 1.29 is 14.3 Å². The summed E-state index contributed by atoms with van der Waals surface area (Å²) in [6.45, 7) is 4.27. The van der Waals surface area contributed by atoms with Gasteiger partial charge >= 0.3 is 0 Å². The molecule has 1 saturated carbocycles. The lowest BCUT2D eigenvalue weighted by Crippen LogP contribution is -2.62. The second-order valence-corrected chi connectivity index (χ2v) is 11.2. The van der Waals surface area contributed by atoms with Crippen molar-refractivity contribution in [2.24, 2.45) is 11.7 Å². The van der Waals surface area contributed by atoms with Gasteiger partial charge in [-0.05, 0) is 84.2 Å². The van der Waals surface area contributed by atoms with Crippen molar-refractivity contribution in [1.82, 2.24) is 0 Å². The number of primary amides is 1. The van der Waals surface area contributed by atoms with Gasteiger partial charge in [0, 0.05) is 17.1 Å². The molecule has 0 heterocycles. The van der Waals surface area contributed by atoms with Crippen LogP contribution >= 0.6 is 11.6 Å². The van der Waals surface area contributed by atoms with Gasteiger partial charge in [-0.3, -0.25) is 14.5 Å². The molecular weight excluding hydrogens is 508 g/mol. The number of aryl methyl sites for hydroxylation is 1. The van der Waals surface area contributed by atoms with Crippen LogP contribution < -0.4 is 15.4 Å². The second-order valence-electron chi connectivity index (χ2n) is 10.8. The standard InChI is InChI=1S/C33H39ClN2O3/c1-23(2)25-12-18-29(19-13-25)36(31(37)22-11-24-9-20-30(39-3)21-10-24)33(32(35)38,26-7-5-4-6-8-26)27-14-16-28(34)17-15-27/h9-10,12-21,23,26H,4-8,11,22H2,1-3H3,(H2,35,38). The van der Waals surface area contributed by atoms with Crippen molar-refractivity contribution in [3.63, 3.8) is 0 Å². The van der Waals surface area contributed by atoms with Gasteiger partial charge in [-0.2, -0.15) is 0 Å². The number of rotatable bonds is 10. The van der Waals surface area contributed by atoms with Gasteiger partial charge in [0.25, 0.3) is 0 Å². The maximum Gasteiger partial charge on any atom is 0.248 e. The Morgan fingerprint density at radius 1 is 0.949 bits per heavy atom. The number of nitrogens with zero attached hydrogens (tertiary/aromatic N) is 1. The molecule has 0 radical (unpaired) electrons. The largest absolute Gasteiger partial charge is 0.497 e. The number of hydrogen-bond acceptors (Lipinski definition) is 3. The van der Waals surface area contributed by atoms with E-state index in [-0.39, 0.29) is 18.2 Å². The summed E-state index contributed by atoms with van der Waals surface area (Å²) in [5.74, 6) is 0.350. The summed E-state index contributed by atoms with van der Waals surface area (Å²) in [4.78, 5) is 29.9. The van der Waals surface area contributed by atoms with Crippen LogP contribution in [-0.2, 0) is 21.5 Å². The van der Waals surface area contributed by atoms with Gasteiger partial charge in [0.2, 0.25) is 11.8 Å². The average molecular weight is 547 g/mol. The zero-order chi connectivity index (χ0) is 28.0. The molecule has 4 rings (SSSR count). The van der Waals surface area contributed by atoms with Crippen LogP contribution in [0.4, 0.5) is 5.69 Å². The predicted molar refractivity (Wildman–Crippen MR) is 158 cm³/mol. The van der Waals surface area contributed by atoms with Gasteiger partial charge in [-0.25, -0.2) is 0 Å². The number of amides is 2. The SMILES string of the molecule is COc1ccc(CCC(=O)N(c2ccc(C(C)C)cc2)C(C(N)=O)(c2ccc(Cl)cc2)C2CCCCC2)cc1. The van der Waals surface area contributed by atoms with E-state index in [0.717, 1.165) is 43.4 Å². The van der Waals surface area contributed by atoms with Gasteiger partial charge < -0.3 is 10.5 Å². The summed E-state index contributed by atoms with van der Waals surface area (Å²) in [6.07, 6.45) is 5.49. The molecule has 1 atom stereocenters. The number of anilines is 1. The third kappa shape index (κ3) is 6.14. The molecule has 1 aliphatic carbocycles. The monoisotopic (exact) mass is 546 g/mol. The van der Waals surface area contributed by atoms with Crippen molar-refractivity contribution in [1.29, 1.82) is 0 Å². The highest BCUT2D eigenvalue weighted by Gasteiger charge is 2.53. The first kappa shape index (κ1) is 28.7. The number of carbonyl (C=O) groups is 2. The minimum absolute atomic E-state index is 0.111. The van der Waals surface area contributed by atoms with Crippen molar-refractivity contribution in [3.05, 3.63) is 94.5 Å². The zero-order valence-corrected chi connectivity index (χ0v) is 23.9.